The van der Waals surface area contributed by atoms with E-state index in [2.05, 4.69) is 11.1 Å². The van der Waals surface area contributed by atoms with E-state index in [4.69, 9.17) is 0 Å². The van der Waals surface area contributed by atoms with Gasteiger partial charge in [-0.2, -0.15) is 0 Å². The van der Waals surface area contributed by atoms with E-state index >= 15 is 0 Å². The number of fused-ring (bicyclic) bond motifs is 1. The number of aliphatic hydroxyl groups is 1. The van der Waals surface area contributed by atoms with Gasteiger partial charge in [0.1, 0.15) is 12.6 Å². The van der Waals surface area contributed by atoms with Crippen LogP contribution in [0.4, 0.5) is 0 Å². The van der Waals surface area contributed by atoms with Crippen LogP contribution in [0.3, 0.4) is 0 Å². The van der Waals surface area contributed by atoms with Crippen LogP contribution in [0.5, 0.6) is 0 Å². The van der Waals surface area contributed by atoms with Crippen molar-refractivity contribution in [2.24, 2.45) is 0 Å². The van der Waals surface area contributed by atoms with E-state index < -0.39 is 27.4 Å². The van der Waals surface area contributed by atoms with Crippen LogP contribution in [0, 0.1) is 5.21 Å². The van der Waals surface area contributed by atoms with Crippen LogP contribution in [0.25, 0.3) is 0 Å². The van der Waals surface area contributed by atoms with Gasteiger partial charge in [0.25, 0.3) is 0 Å². The molecule has 0 aromatic heterocycles. The SMILES string of the molecule is CCCCCCCCC(C[N+]1([O-])CCc2ccccc2C1O)OS(=O)(=O)[O-].[Na+]. The smallest absolute Gasteiger partial charge is 0.726 e. The second-order valence-electron chi connectivity index (χ2n) is 7.36. The number of rotatable bonds is 11. The van der Waals surface area contributed by atoms with Crippen LogP contribution < -0.4 is 29.6 Å². The first-order chi connectivity index (χ1) is 12.7. The van der Waals surface area contributed by atoms with E-state index in [9.17, 15) is 23.3 Å². The maximum absolute atomic E-state index is 13.2. The third kappa shape index (κ3) is 8.01. The molecule has 0 amide bonds. The van der Waals surface area contributed by atoms with Crippen molar-refractivity contribution < 1.29 is 56.5 Å². The Morgan fingerprint density at radius 2 is 1.86 bits per heavy atom. The van der Waals surface area contributed by atoms with Crippen LogP contribution in [0.15, 0.2) is 24.3 Å². The molecule has 154 valence electrons. The zero-order valence-corrected chi connectivity index (χ0v) is 19.7. The molecule has 1 aliphatic rings. The minimum atomic E-state index is -4.91. The Hall–Kier alpha value is -0.0300. The minimum absolute atomic E-state index is 0. The average molecular weight is 424 g/mol. The summed E-state index contributed by atoms with van der Waals surface area (Å²) in [5, 5.41) is 23.8. The number of benzene rings is 1. The third-order valence-electron chi connectivity index (χ3n) is 5.18. The summed E-state index contributed by atoms with van der Waals surface area (Å²) in [6.07, 6.45) is 4.47. The van der Waals surface area contributed by atoms with Crippen LogP contribution in [-0.4, -0.2) is 41.9 Å². The van der Waals surface area contributed by atoms with Gasteiger partial charge in [0.05, 0.1) is 6.54 Å². The van der Waals surface area contributed by atoms with Gasteiger partial charge in [0.2, 0.25) is 16.6 Å². The fourth-order valence-corrected chi connectivity index (χ4v) is 4.21. The van der Waals surface area contributed by atoms with Gasteiger partial charge in [-0.3, -0.25) is 4.18 Å². The third-order valence-corrected chi connectivity index (χ3v) is 5.69. The molecule has 1 aliphatic heterocycles. The van der Waals surface area contributed by atoms with Gasteiger partial charge in [0, 0.05) is 12.0 Å². The molecule has 3 unspecified atom stereocenters. The molecule has 0 saturated heterocycles. The van der Waals surface area contributed by atoms with E-state index in [0.29, 0.717) is 24.8 Å². The Balaban J connectivity index is 0.00000392. The molecular weight excluding hydrogens is 393 g/mol. The monoisotopic (exact) mass is 423 g/mol. The van der Waals surface area contributed by atoms with Crippen LogP contribution >= 0.6 is 0 Å². The maximum Gasteiger partial charge on any atom is 1.00 e. The predicted octanol–water partition coefficient (Wildman–Crippen LogP) is 0.148. The van der Waals surface area contributed by atoms with Crippen molar-refractivity contribution >= 4 is 10.4 Å². The Bertz CT molecular complexity index is 701. The normalized spacial score (nSPS) is 22.9. The summed E-state index contributed by atoms with van der Waals surface area (Å²) in [6.45, 7) is 1.99. The number of hydroxylamine groups is 3. The van der Waals surface area contributed by atoms with E-state index in [0.717, 1.165) is 37.7 Å². The van der Waals surface area contributed by atoms with E-state index in [1.807, 2.05) is 12.1 Å². The quantitative estimate of drug-likeness (QED) is 0.135. The van der Waals surface area contributed by atoms with Crippen molar-refractivity contribution in [1.82, 2.24) is 0 Å². The predicted molar refractivity (Wildman–Crippen MR) is 101 cm³/mol. The summed E-state index contributed by atoms with van der Waals surface area (Å²) in [4.78, 5) is 0. The van der Waals surface area contributed by atoms with Crippen molar-refractivity contribution in [1.29, 1.82) is 0 Å². The molecule has 9 heteroatoms. The molecule has 0 aliphatic carbocycles. The molecular formula is C19H30NNaO6S. The van der Waals surface area contributed by atoms with Gasteiger partial charge in [-0.1, -0.05) is 69.7 Å². The number of quaternary nitrogens is 1. The second kappa shape index (κ2) is 12.0. The molecule has 1 aromatic carbocycles. The van der Waals surface area contributed by atoms with E-state index in [1.165, 1.54) is 0 Å². The number of aliphatic hydroxyl groups excluding tert-OH is 1. The molecule has 3 atom stereocenters. The van der Waals surface area contributed by atoms with Gasteiger partial charge >= 0.3 is 29.6 Å². The fourth-order valence-electron chi connectivity index (χ4n) is 3.72. The van der Waals surface area contributed by atoms with Crippen LogP contribution in [0.2, 0.25) is 0 Å². The molecule has 0 spiro atoms. The Kier molecular flexibility index (Phi) is 11.1. The molecule has 0 radical (unpaired) electrons. The van der Waals surface area contributed by atoms with Gasteiger partial charge < -0.3 is 19.5 Å². The molecule has 0 fully saturated rings. The topological polar surface area (TPSA) is 110 Å². The van der Waals surface area contributed by atoms with Gasteiger partial charge in [-0.05, 0) is 12.0 Å². The zero-order chi connectivity index (χ0) is 19.9. The molecule has 0 saturated carbocycles. The summed E-state index contributed by atoms with van der Waals surface area (Å²) < 4.78 is 36.9. The summed E-state index contributed by atoms with van der Waals surface area (Å²) in [7, 11) is -4.91. The average Bonchev–Trinajstić information content (AvgIpc) is 2.60. The van der Waals surface area contributed by atoms with Gasteiger partial charge in [-0.15, -0.1) is 0 Å². The zero-order valence-electron chi connectivity index (χ0n) is 16.9. The van der Waals surface area contributed by atoms with Crippen LogP contribution in [-0.2, 0) is 21.0 Å². The number of hydrogen-bond acceptors (Lipinski definition) is 6. The fraction of sp³-hybridized carbons (Fsp3) is 0.684. The van der Waals surface area contributed by atoms with Gasteiger partial charge in [0.15, 0.2) is 0 Å². The van der Waals surface area contributed by atoms with Crippen molar-refractivity contribution in [3.8, 4) is 0 Å². The van der Waals surface area contributed by atoms with Crippen LogP contribution in [0.1, 0.15) is 69.2 Å². The molecule has 28 heavy (non-hydrogen) atoms. The summed E-state index contributed by atoms with van der Waals surface area (Å²) in [5.41, 5.74) is 1.47. The van der Waals surface area contributed by atoms with Crippen molar-refractivity contribution in [3.05, 3.63) is 40.6 Å². The standard InChI is InChI=1S/C19H31NO6S.Na/c1-2-3-4-5-6-7-11-17(26-27(23,24)25)15-20(22)14-13-16-10-8-9-12-18(16)19(20)21;/h8-10,12,17,19,21H,2-7,11,13-15H2,1H3,(H,23,24,25);/q;+1/p-1. The maximum atomic E-state index is 13.2. The molecule has 1 N–H and O–H groups in total. The number of unbranched alkanes of at least 4 members (excludes halogenated alkanes) is 5. The largest absolute Gasteiger partial charge is 1.00 e. The molecule has 2 rings (SSSR count). The summed E-state index contributed by atoms with van der Waals surface area (Å²) in [5.74, 6) is 0. The first kappa shape index (κ1) is 26.0. The Morgan fingerprint density at radius 3 is 2.54 bits per heavy atom. The van der Waals surface area contributed by atoms with Crippen molar-refractivity contribution in [2.45, 2.75) is 70.6 Å². The molecule has 0 bridgehead atoms. The molecule has 7 nitrogen and oxygen atoms in total. The first-order valence-electron chi connectivity index (χ1n) is 9.73. The number of hydrogen-bond donors (Lipinski definition) is 1. The van der Waals surface area contributed by atoms with Gasteiger partial charge in [-0.25, -0.2) is 8.42 Å². The van der Waals surface area contributed by atoms with E-state index in [-0.39, 0.29) is 42.6 Å². The summed E-state index contributed by atoms with van der Waals surface area (Å²) in [6, 6.07) is 7.18. The summed E-state index contributed by atoms with van der Waals surface area (Å²) >= 11 is 0. The second-order valence-corrected chi connectivity index (χ2v) is 8.37. The van der Waals surface area contributed by atoms with Crippen molar-refractivity contribution in [2.75, 3.05) is 13.1 Å². The minimum Gasteiger partial charge on any atom is -0.726 e. The molecule has 1 heterocycles. The Labute approximate surface area is 190 Å². The first-order valence-corrected chi connectivity index (χ1v) is 11.1. The number of nitrogens with zero attached hydrogens (tertiary/aromatic N) is 1. The molecule has 1 aromatic rings. The van der Waals surface area contributed by atoms with Crippen molar-refractivity contribution in [3.63, 3.8) is 0 Å². The van der Waals surface area contributed by atoms with E-state index in [1.54, 1.807) is 12.1 Å². The Morgan fingerprint density at radius 1 is 1.21 bits per heavy atom.